The first-order valence-electron chi connectivity index (χ1n) is 6.50. The number of nitro groups is 1. The third kappa shape index (κ3) is 5.18. The minimum atomic E-state index is -4.89. The summed E-state index contributed by atoms with van der Waals surface area (Å²) < 4.78 is 71.6. The van der Waals surface area contributed by atoms with E-state index in [9.17, 15) is 36.3 Å². The Labute approximate surface area is 173 Å². The van der Waals surface area contributed by atoms with Crippen LogP contribution in [-0.2, 0) is 22.7 Å². The summed E-state index contributed by atoms with van der Waals surface area (Å²) in [6, 6.07) is 5.48. The molecule has 2 aromatic carbocycles. The van der Waals surface area contributed by atoms with Crippen LogP contribution < -0.4 is 0 Å². The predicted molar refractivity (Wildman–Crippen MR) is 89.3 cm³/mol. The van der Waals surface area contributed by atoms with Crippen LogP contribution >= 0.6 is 11.6 Å². The number of hydrogen-bond donors (Lipinski definition) is 1. The maximum absolute atomic E-state index is 13.2. The van der Waals surface area contributed by atoms with E-state index in [0.29, 0.717) is 6.07 Å². The molecule has 0 saturated heterocycles. The van der Waals surface area contributed by atoms with Gasteiger partial charge in [0, 0.05) is 23.1 Å². The molecule has 2 aromatic rings. The third-order valence-corrected chi connectivity index (χ3v) is 4.51. The van der Waals surface area contributed by atoms with Gasteiger partial charge in [0.2, 0.25) is 0 Å². The molecule has 0 aliphatic carbocycles. The summed E-state index contributed by atoms with van der Waals surface area (Å²) in [5.41, 5.74) is -3.12. The van der Waals surface area contributed by atoms with E-state index < -0.39 is 49.3 Å². The fraction of sp³-hybridized carbons (Fsp3) is 0.143. The van der Waals surface area contributed by atoms with E-state index in [1.165, 1.54) is 0 Å². The first-order valence-corrected chi connectivity index (χ1v) is 8.32. The van der Waals surface area contributed by atoms with Crippen LogP contribution in [0.3, 0.4) is 0 Å². The van der Waals surface area contributed by atoms with Gasteiger partial charge >= 0.3 is 35.7 Å². The molecular formula is C14H10ClF3NNaO5S. The average molecular weight is 420 g/mol. The van der Waals surface area contributed by atoms with Crippen molar-refractivity contribution in [1.29, 1.82) is 0 Å². The zero-order chi connectivity index (χ0) is 19.0. The van der Waals surface area contributed by atoms with Crippen LogP contribution in [0.15, 0.2) is 41.3 Å². The van der Waals surface area contributed by atoms with E-state index in [4.69, 9.17) is 11.6 Å². The van der Waals surface area contributed by atoms with Crippen molar-refractivity contribution in [3.8, 4) is 0 Å². The fourth-order valence-electron chi connectivity index (χ4n) is 2.33. The van der Waals surface area contributed by atoms with Crippen LogP contribution in [0.25, 0.3) is 0 Å². The quantitative estimate of drug-likeness (QED) is 0.354. The van der Waals surface area contributed by atoms with Gasteiger partial charge < -0.3 is 0 Å². The molecular weight excluding hydrogens is 410 g/mol. The van der Waals surface area contributed by atoms with Gasteiger partial charge in [-0.25, -0.2) is 0 Å². The molecule has 0 aromatic heterocycles. The molecule has 0 aliphatic rings. The Kier molecular flexibility index (Phi) is 7.25. The Balaban J connectivity index is 0.00000338. The molecule has 0 fully saturated rings. The van der Waals surface area contributed by atoms with Crippen LogP contribution in [0.2, 0.25) is 5.02 Å². The number of hydrogen-bond acceptors (Lipinski definition) is 4. The molecule has 0 aliphatic heterocycles. The number of nitrogens with zero attached hydrogens (tertiary/aromatic N) is 1. The second kappa shape index (κ2) is 8.24. The Bertz CT molecular complexity index is 950. The van der Waals surface area contributed by atoms with E-state index >= 15 is 0 Å². The van der Waals surface area contributed by atoms with Gasteiger partial charge in [0.25, 0.3) is 15.8 Å². The number of alkyl halides is 3. The number of benzene rings is 2. The zero-order valence-electron chi connectivity index (χ0n) is 12.1. The van der Waals surface area contributed by atoms with Gasteiger partial charge in [0.1, 0.15) is 0 Å². The van der Waals surface area contributed by atoms with Crippen molar-refractivity contribution in [2.75, 3.05) is 0 Å². The van der Waals surface area contributed by atoms with Gasteiger partial charge in [0.15, 0.2) is 0 Å². The summed E-state index contributed by atoms with van der Waals surface area (Å²) in [6.07, 6.45) is -5.65. The molecule has 136 valence electrons. The third-order valence-electron chi connectivity index (χ3n) is 3.32. The van der Waals surface area contributed by atoms with Gasteiger partial charge in [-0.2, -0.15) is 21.6 Å². The van der Waals surface area contributed by atoms with Crippen LogP contribution in [0.5, 0.6) is 0 Å². The van der Waals surface area contributed by atoms with Crippen molar-refractivity contribution in [2.45, 2.75) is 17.5 Å². The molecule has 12 heteroatoms. The van der Waals surface area contributed by atoms with Crippen LogP contribution in [0, 0.1) is 10.1 Å². The SMILES string of the molecule is O=[N+]([O-])c1cccc(C(F)(F)F)c1Cc1cc(Cl)ccc1S(=O)(=O)O.[NaH]. The molecule has 0 bridgehead atoms. The first-order chi connectivity index (χ1) is 11.4. The average Bonchev–Trinajstić information content (AvgIpc) is 2.44. The number of nitro benzene ring substituents is 1. The topological polar surface area (TPSA) is 97.5 Å². The van der Waals surface area contributed by atoms with Gasteiger partial charge in [-0.3, -0.25) is 14.7 Å². The van der Waals surface area contributed by atoms with E-state index in [2.05, 4.69) is 0 Å². The summed E-state index contributed by atoms with van der Waals surface area (Å²) >= 11 is 5.73. The molecule has 2 rings (SSSR count). The van der Waals surface area contributed by atoms with Crippen LogP contribution in [0.4, 0.5) is 18.9 Å². The Morgan fingerprint density at radius 1 is 1.19 bits per heavy atom. The van der Waals surface area contributed by atoms with Gasteiger partial charge in [-0.05, 0) is 29.8 Å². The molecule has 26 heavy (non-hydrogen) atoms. The van der Waals surface area contributed by atoms with Gasteiger partial charge in [-0.1, -0.05) is 17.7 Å². The Morgan fingerprint density at radius 3 is 2.31 bits per heavy atom. The molecule has 0 amide bonds. The molecule has 0 unspecified atom stereocenters. The second-order valence-corrected chi connectivity index (χ2v) is 6.79. The monoisotopic (exact) mass is 419 g/mol. The predicted octanol–water partition coefficient (Wildman–Crippen LogP) is 3.46. The maximum atomic E-state index is 13.2. The van der Waals surface area contributed by atoms with Gasteiger partial charge in [0.05, 0.1) is 15.4 Å². The second-order valence-electron chi connectivity index (χ2n) is 4.96. The number of halogens is 4. The van der Waals surface area contributed by atoms with E-state index in [1.807, 2.05) is 0 Å². The van der Waals surface area contributed by atoms with E-state index in [1.54, 1.807) is 0 Å². The molecule has 0 radical (unpaired) electrons. The van der Waals surface area contributed by atoms with Gasteiger partial charge in [-0.15, -0.1) is 0 Å². The fourth-order valence-corrected chi connectivity index (χ4v) is 3.22. The summed E-state index contributed by atoms with van der Waals surface area (Å²) in [5.74, 6) is 0. The summed E-state index contributed by atoms with van der Waals surface area (Å²) in [4.78, 5) is 9.41. The molecule has 1 N–H and O–H groups in total. The molecule has 0 atom stereocenters. The first kappa shape index (κ1) is 22.9. The minimum absolute atomic E-state index is 0. The number of rotatable bonds is 4. The summed E-state index contributed by atoms with van der Waals surface area (Å²) in [7, 11) is -4.76. The van der Waals surface area contributed by atoms with Crippen molar-refractivity contribution in [1.82, 2.24) is 0 Å². The Hall–Kier alpha value is -1.17. The van der Waals surface area contributed by atoms with Crippen molar-refractivity contribution in [3.05, 3.63) is 68.2 Å². The normalized spacial score (nSPS) is 11.7. The molecule has 6 nitrogen and oxygen atoms in total. The molecule has 0 saturated carbocycles. The summed E-state index contributed by atoms with van der Waals surface area (Å²) in [6.45, 7) is 0. The van der Waals surface area contributed by atoms with Crippen molar-refractivity contribution in [3.63, 3.8) is 0 Å². The Morgan fingerprint density at radius 2 is 1.81 bits per heavy atom. The standard InChI is InChI=1S/C14H9ClF3NO5S.Na.H/c15-9-4-5-13(25(22,23)24)8(6-9)7-10-11(14(16,17)18)2-1-3-12(10)19(20)21;;/h1-6H,7H2,(H,22,23,24);;. The molecule has 0 spiro atoms. The van der Waals surface area contributed by atoms with Crippen LogP contribution in [0.1, 0.15) is 16.7 Å². The van der Waals surface area contributed by atoms with Crippen molar-refractivity contribution >= 4 is 57.0 Å². The van der Waals surface area contributed by atoms with Crippen molar-refractivity contribution < 1.29 is 31.1 Å². The van der Waals surface area contributed by atoms with E-state index in [-0.39, 0.29) is 40.1 Å². The molecule has 0 heterocycles. The summed E-state index contributed by atoms with van der Waals surface area (Å²) in [5, 5.41) is 11.1. The van der Waals surface area contributed by atoms with E-state index in [0.717, 1.165) is 30.3 Å². The van der Waals surface area contributed by atoms with Crippen molar-refractivity contribution in [2.24, 2.45) is 0 Å². The zero-order valence-corrected chi connectivity index (χ0v) is 13.7. The van der Waals surface area contributed by atoms with Crippen LogP contribution in [-0.4, -0.2) is 47.5 Å².